The molecule has 1 aliphatic carbocycles. The van der Waals surface area contributed by atoms with Crippen LogP contribution in [0.4, 0.5) is 0 Å². The Morgan fingerprint density at radius 2 is 1.94 bits per heavy atom. The van der Waals surface area contributed by atoms with Gasteiger partial charge < -0.3 is 15.2 Å². The molecule has 0 radical (unpaired) electrons. The van der Waals surface area contributed by atoms with Crippen molar-refractivity contribution in [3.63, 3.8) is 0 Å². The summed E-state index contributed by atoms with van der Waals surface area (Å²) in [7, 11) is 1.60. The zero-order chi connectivity index (χ0) is 14.0. The molecule has 5 heteroatoms. The van der Waals surface area contributed by atoms with Crippen molar-refractivity contribution in [1.29, 1.82) is 0 Å². The third-order valence-corrected chi connectivity index (χ3v) is 3.60. The van der Waals surface area contributed by atoms with Crippen molar-refractivity contribution in [3.05, 3.63) is 0 Å². The van der Waals surface area contributed by atoms with Gasteiger partial charge in [-0.25, -0.2) is 4.79 Å². The molecule has 0 saturated heterocycles. The van der Waals surface area contributed by atoms with Gasteiger partial charge in [-0.05, 0) is 24.7 Å². The highest BCUT2D eigenvalue weighted by Gasteiger charge is 2.40. The summed E-state index contributed by atoms with van der Waals surface area (Å²) in [6.07, 6.45) is 3.03. The number of methoxy groups -OCH3 is 1. The molecule has 1 rings (SSSR count). The van der Waals surface area contributed by atoms with Gasteiger partial charge in [0, 0.05) is 7.11 Å². The lowest BCUT2D eigenvalue weighted by Crippen LogP contribution is -2.52. The van der Waals surface area contributed by atoms with Crippen molar-refractivity contribution in [1.82, 2.24) is 5.32 Å². The van der Waals surface area contributed by atoms with Crippen LogP contribution in [0.25, 0.3) is 0 Å². The fraction of sp³-hybridized carbons (Fsp3) is 0.846. The Morgan fingerprint density at radius 1 is 1.39 bits per heavy atom. The summed E-state index contributed by atoms with van der Waals surface area (Å²) in [5, 5.41) is 11.7. The van der Waals surface area contributed by atoms with Gasteiger partial charge in [-0.2, -0.15) is 0 Å². The highest BCUT2D eigenvalue weighted by Crippen LogP contribution is 2.38. The third kappa shape index (κ3) is 3.45. The average Bonchev–Trinajstić information content (AvgIpc) is 2.18. The van der Waals surface area contributed by atoms with Gasteiger partial charge in [0.15, 0.2) is 0 Å². The molecule has 2 N–H and O–H groups in total. The first-order valence-corrected chi connectivity index (χ1v) is 6.27. The minimum Gasteiger partial charge on any atom is -0.480 e. The molecule has 5 nitrogen and oxygen atoms in total. The van der Waals surface area contributed by atoms with E-state index in [0.29, 0.717) is 0 Å². The van der Waals surface area contributed by atoms with Crippen LogP contribution in [-0.2, 0) is 14.3 Å². The fourth-order valence-electron chi connectivity index (χ4n) is 2.18. The topological polar surface area (TPSA) is 75.6 Å². The van der Waals surface area contributed by atoms with Crippen molar-refractivity contribution < 1.29 is 19.4 Å². The predicted molar refractivity (Wildman–Crippen MR) is 67.2 cm³/mol. The Labute approximate surface area is 108 Å². The molecule has 0 spiro atoms. The highest BCUT2D eigenvalue weighted by atomic mass is 16.5. The van der Waals surface area contributed by atoms with Gasteiger partial charge in [0.05, 0.1) is 12.0 Å². The van der Waals surface area contributed by atoms with Crippen LogP contribution < -0.4 is 5.32 Å². The standard InChI is InChI=1S/C13H23NO4/c1-12(2,3)10(11(16)17)14-9(15)8-13(18-4)6-5-7-13/h10H,5-8H2,1-4H3,(H,14,15)(H,16,17)/t10-/m0/s1. The smallest absolute Gasteiger partial charge is 0.326 e. The number of rotatable bonds is 5. The lowest BCUT2D eigenvalue weighted by Gasteiger charge is -2.40. The summed E-state index contributed by atoms with van der Waals surface area (Å²) in [5.74, 6) is -1.25. The Morgan fingerprint density at radius 3 is 2.22 bits per heavy atom. The van der Waals surface area contributed by atoms with E-state index in [2.05, 4.69) is 5.32 Å². The molecule has 0 bridgehead atoms. The maximum Gasteiger partial charge on any atom is 0.326 e. The van der Waals surface area contributed by atoms with Gasteiger partial charge in [-0.15, -0.1) is 0 Å². The normalized spacial score (nSPS) is 19.8. The fourth-order valence-corrected chi connectivity index (χ4v) is 2.18. The number of carboxylic acids is 1. The largest absolute Gasteiger partial charge is 0.480 e. The number of carboxylic acid groups (broad SMARTS) is 1. The first kappa shape index (κ1) is 15.0. The van der Waals surface area contributed by atoms with Crippen LogP contribution in [-0.4, -0.2) is 35.7 Å². The minimum atomic E-state index is -1.00. The molecule has 0 aliphatic heterocycles. The minimum absolute atomic E-state index is 0.239. The maximum atomic E-state index is 11.9. The monoisotopic (exact) mass is 257 g/mol. The Hall–Kier alpha value is -1.10. The number of hydrogen-bond acceptors (Lipinski definition) is 3. The van der Waals surface area contributed by atoms with Crippen LogP contribution in [0.1, 0.15) is 46.5 Å². The van der Waals surface area contributed by atoms with Gasteiger partial charge in [0.1, 0.15) is 6.04 Å². The number of nitrogens with one attached hydrogen (secondary N) is 1. The molecule has 1 fully saturated rings. The zero-order valence-electron chi connectivity index (χ0n) is 11.6. The lowest BCUT2D eigenvalue weighted by molar-refractivity contribution is -0.147. The average molecular weight is 257 g/mol. The van der Waals surface area contributed by atoms with Crippen molar-refractivity contribution in [2.24, 2.45) is 5.41 Å². The van der Waals surface area contributed by atoms with E-state index in [0.717, 1.165) is 19.3 Å². The SMILES string of the molecule is COC1(CC(=O)N[C@@H](C(=O)O)C(C)(C)C)CCC1. The number of ether oxygens (including phenoxy) is 1. The maximum absolute atomic E-state index is 11.9. The third-order valence-electron chi connectivity index (χ3n) is 3.60. The van der Waals surface area contributed by atoms with Gasteiger partial charge in [-0.1, -0.05) is 20.8 Å². The number of carbonyl (C=O) groups excluding carboxylic acids is 1. The van der Waals surface area contributed by atoms with Crippen LogP contribution in [0.5, 0.6) is 0 Å². The molecule has 104 valence electrons. The molecule has 1 saturated carbocycles. The number of aliphatic carboxylic acids is 1. The molecule has 0 heterocycles. The Balaban J connectivity index is 2.60. The molecule has 1 atom stereocenters. The summed E-state index contributed by atoms with van der Waals surface area (Å²) in [5.41, 5.74) is -0.883. The van der Waals surface area contributed by atoms with E-state index < -0.39 is 17.4 Å². The van der Waals surface area contributed by atoms with Crippen LogP contribution in [0.2, 0.25) is 0 Å². The molecular weight excluding hydrogens is 234 g/mol. The van der Waals surface area contributed by atoms with Crippen molar-refractivity contribution in [2.45, 2.75) is 58.1 Å². The van der Waals surface area contributed by atoms with E-state index in [1.54, 1.807) is 27.9 Å². The van der Waals surface area contributed by atoms with Crippen LogP contribution in [0, 0.1) is 5.41 Å². The van der Waals surface area contributed by atoms with Crippen LogP contribution >= 0.6 is 0 Å². The molecule has 0 unspecified atom stereocenters. The molecule has 1 aliphatic rings. The van der Waals surface area contributed by atoms with E-state index in [1.807, 2.05) is 0 Å². The van der Waals surface area contributed by atoms with Crippen molar-refractivity contribution in [3.8, 4) is 0 Å². The summed E-state index contributed by atoms with van der Waals surface area (Å²) in [6, 6.07) is -0.876. The molecule has 0 aromatic rings. The lowest BCUT2D eigenvalue weighted by atomic mass is 9.77. The molecule has 0 aromatic carbocycles. The number of carbonyl (C=O) groups is 2. The first-order valence-electron chi connectivity index (χ1n) is 6.27. The highest BCUT2D eigenvalue weighted by molar-refractivity contribution is 5.84. The van der Waals surface area contributed by atoms with E-state index >= 15 is 0 Å². The van der Waals surface area contributed by atoms with E-state index in [1.165, 1.54) is 0 Å². The molecule has 1 amide bonds. The molecule has 18 heavy (non-hydrogen) atoms. The summed E-state index contributed by atoms with van der Waals surface area (Å²) in [4.78, 5) is 23.1. The van der Waals surface area contributed by atoms with E-state index in [9.17, 15) is 9.59 Å². The second-order valence-corrected chi connectivity index (χ2v) is 6.12. The summed E-state index contributed by atoms with van der Waals surface area (Å²) >= 11 is 0. The zero-order valence-corrected chi connectivity index (χ0v) is 11.6. The van der Waals surface area contributed by atoms with Crippen LogP contribution in [0.15, 0.2) is 0 Å². The number of amides is 1. The van der Waals surface area contributed by atoms with Gasteiger partial charge in [-0.3, -0.25) is 4.79 Å². The molecule has 0 aromatic heterocycles. The number of hydrogen-bond donors (Lipinski definition) is 2. The Bertz CT molecular complexity index is 323. The van der Waals surface area contributed by atoms with E-state index in [-0.39, 0.29) is 17.9 Å². The van der Waals surface area contributed by atoms with Crippen molar-refractivity contribution in [2.75, 3.05) is 7.11 Å². The quantitative estimate of drug-likeness (QED) is 0.783. The summed E-state index contributed by atoms with van der Waals surface area (Å²) < 4.78 is 5.36. The van der Waals surface area contributed by atoms with Crippen molar-refractivity contribution >= 4 is 11.9 Å². The molecular formula is C13H23NO4. The van der Waals surface area contributed by atoms with E-state index in [4.69, 9.17) is 9.84 Å². The van der Waals surface area contributed by atoms with Crippen LogP contribution in [0.3, 0.4) is 0 Å². The predicted octanol–water partition coefficient (Wildman–Crippen LogP) is 1.56. The van der Waals surface area contributed by atoms with Gasteiger partial charge >= 0.3 is 5.97 Å². The Kier molecular flexibility index (Phi) is 4.37. The van der Waals surface area contributed by atoms with Gasteiger partial charge in [0.2, 0.25) is 5.91 Å². The second kappa shape index (κ2) is 5.26. The van der Waals surface area contributed by atoms with Gasteiger partial charge in [0.25, 0.3) is 0 Å². The summed E-state index contributed by atoms with van der Waals surface area (Å²) in [6.45, 7) is 5.38. The first-order chi connectivity index (χ1) is 8.20. The second-order valence-electron chi connectivity index (χ2n) is 6.12.